The van der Waals surface area contributed by atoms with E-state index in [1.165, 1.54) is 5.56 Å². The first-order chi connectivity index (χ1) is 9.33. The molecule has 2 N–H and O–H groups in total. The Morgan fingerprint density at radius 1 is 1.16 bits per heavy atom. The van der Waals surface area contributed by atoms with Gasteiger partial charge in [0.1, 0.15) is 5.75 Å². The molecule has 0 aliphatic rings. The second kappa shape index (κ2) is 6.90. The van der Waals surface area contributed by atoms with E-state index in [0.29, 0.717) is 6.54 Å². The number of nitrogens with zero attached hydrogens (tertiary/aromatic N) is 1. The van der Waals surface area contributed by atoms with E-state index < -0.39 is 0 Å². The van der Waals surface area contributed by atoms with Crippen LogP contribution in [-0.4, -0.2) is 11.5 Å². The first-order valence-corrected chi connectivity index (χ1v) is 6.70. The van der Waals surface area contributed by atoms with Gasteiger partial charge in [0.15, 0.2) is 6.10 Å². The highest BCUT2D eigenvalue weighted by atomic mass is 16.5. The number of benzene rings is 1. The molecule has 0 amide bonds. The Morgan fingerprint density at radius 2 is 1.95 bits per heavy atom. The minimum atomic E-state index is -0.196. The van der Waals surface area contributed by atoms with Crippen molar-refractivity contribution in [1.82, 2.24) is 4.98 Å². The summed E-state index contributed by atoms with van der Waals surface area (Å²) in [5.41, 5.74) is 7.96. The first-order valence-electron chi connectivity index (χ1n) is 6.70. The van der Waals surface area contributed by atoms with E-state index in [2.05, 4.69) is 24.0 Å². The molecule has 0 fully saturated rings. The van der Waals surface area contributed by atoms with Gasteiger partial charge in [-0.15, -0.1) is 0 Å². The largest absolute Gasteiger partial charge is 0.483 e. The smallest absolute Gasteiger partial charge is 0.153 e. The van der Waals surface area contributed by atoms with Gasteiger partial charge in [-0.1, -0.05) is 31.5 Å². The second-order valence-corrected chi connectivity index (χ2v) is 4.49. The van der Waals surface area contributed by atoms with E-state index in [-0.39, 0.29) is 6.10 Å². The van der Waals surface area contributed by atoms with Crippen LogP contribution in [0.15, 0.2) is 48.7 Å². The predicted molar refractivity (Wildman–Crippen MR) is 77.1 cm³/mol. The summed E-state index contributed by atoms with van der Waals surface area (Å²) in [5.74, 6) is 0.834. The van der Waals surface area contributed by atoms with Crippen LogP contribution in [0.1, 0.15) is 30.7 Å². The van der Waals surface area contributed by atoms with Crippen molar-refractivity contribution in [2.75, 3.05) is 6.54 Å². The van der Waals surface area contributed by atoms with Crippen molar-refractivity contribution < 1.29 is 4.74 Å². The molecule has 3 heteroatoms. The number of aromatic nitrogens is 1. The Balaban J connectivity index is 2.06. The Kier molecular flexibility index (Phi) is 4.93. The topological polar surface area (TPSA) is 48.1 Å². The third kappa shape index (κ3) is 3.80. The normalized spacial score (nSPS) is 12.1. The highest BCUT2D eigenvalue weighted by Gasteiger charge is 2.12. The molecule has 0 bridgehead atoms. The lowest BCUT2D eigenvalue weighted by Crippen LogP contribution is -2.19. The van der Waals surface area contributed by atoms with Crippen LogP contribution in [0.25, 0.3) is 0 Å². The Labute approximate surface area is 114 Å². The van der Waals surface area contributed by atoms with Gasteiger partial charge in [-0.3, -0.25) is 4.98 Å². The molecule has 1 aromatic carbocycles. The molecule has 0 aliphatic carbocycles. The van der Waals surface area contributed by atoms with E-state index in [4.69, 9.17) is 10.5 Å². The average molecular weight is 256 g/mol. The summed E-state index contributed by atoms with van der Waals surface area (Å²) in [6.45, 7) is 2.59. The summed E-state index contributed by atoms with van der Waals surface area (Å²) in [5, 5.41) is 0. The monoisotopic (exact) mass is 256 g/mol. The van der Waals surface area contributed by atoms with Gasteiger partial charge in [0.05, 0.1) is 5.69 Å². The molecule has 2 aromatic rings. The molecule has 0 spiro atoms. The summed E-state index contributed by atoms with van der Waals surface area (Å²) in [4.78, 5) is 4.29. The molecule has 2 rings (SSSR count). The summed E-state index contributed by atoms with van der Waals surface area (Å²) >= 11 is 0. The van der Waals surface area contributed by atoms with Crippen molar-refractivity contribution >= 4 is 0 Å². The molecule has 1 aromatic heterocycles. The van der Waals surface area contributed by atoms with Crippen molar-refractivity contribution in [3.8, 4) is 5.75 Å². The molecular weight excluding hydrogens is 236 g/mol. The van der Waals surface area contributed by atoms with E-state index in [1.54, 1.807) is 6.20 Å². The molecule has 0 radical (unpaired) electrons. The zero-order chi connectivity index (χ0) is 13.5. The number of ether oxygens (including phenoxy) is 1. The fourth-order valence-electron chi connectivity index (χ4n) is 1.98. The highest BCUT2D eigenvalue weighted by Crippen LogP contribution is 2.20. The third-order valence-corrected chi connectivity index (χ3v) is 2.97. The standard InChI is InChI=1S/C16H20N2O/c1-2-5-13-7-9-14(10-8-13)19-16(12-17)15-6-3-4-11-18-15/h3-4,6-11,16H,2,5,12,17H2,1H3. The quantitative estimate of drug-likeness (QED) is 0.864. The van der Waals surface area contributed by atoms with Crippen LogP contribution in [0.4, 0.5) is 0 Å². The lowest BCUT2D eigenvalue weighted by molar-refractivity contribution is 0.209. The van der Waals surface area contributed by atoms with E-state index in [9.17, 15) is 0 Å². The highest BCUT2D eigenvalue weighted by molar-refractivity contribution is 5.28. The molecule has 0 aliphatic heterocycles. The number of rotatable bonds is 6. The van der Waals surface area contributed by atoms with Crippen LogP contribution < -0.4 is 10.5 Å². The summed E-state index contributed by atoms with van der Waals surface area (Å²) in [6.07, 6.45) is 3.81. The van der Waals surface area contributed by atoms with Crippen LogP contribution in [-0.2, 0) is 6.42 Å². The molecule has 0 saturated carbocycles. The van der Waals surface area contributed by atoms with Crippen LogP contribution in [0.5, 0.6) is 5.75 Å². The minimum Gasteiger partial charge on any atom is -0.483 e. The summed E-state index contributed by atoms with van der Waals surface area (Å²) in [7, 11) is 0. The Hall–Kier alpha value is -1.87. The zero-order valence-electron chi connectivity index (χ0n) is 11.3. The molecule has 1 unspecified atom stereocenters. The second-order valence-electron chi connectivity index (χ2n) is 4.49. The van der Waals surface area contributed by atoms with Gasteiger partial charge >= 0.3 is 0 Å². The van der Waals surface area contributed by atoms with Gasteiger partial charge in [-0.05, 0) is 36.2 Å². The van der Waals surface area contributed by atoms with Gasteiger partial charge < -0.3 is 10.5 Å². The maximum Gasteiger partial charge on any atom is 0.153 e. The zero-order valence-corrected chi connectivity index (χ0v) is 11.3. The van der Waals surface area contributed by atoms with Crippen molar-refractivity contribution in [3.05, 3.63) is 59.9 Å². The van der Waals surface area contributed by atoms with E-state index in [1.807, 2.05) is 30.3 Å². The summed E-state index contributed by atoms with van der Waals surface area (Å²) in [6, 6.07) is 14.0. The van der Waals surface area contributed by atoms with Crippen LogP contribution in [0, 0.1) is 0 Å². The van der Waals surface area contributed by atoms with Crippen LogP contribution in [0.3, 0.4) is 0 Å². The molecule has 100 valence electrons. The SMILES string of the molecule is CCCc1ccc(OC(CN)c2ccccn2)cc1. The van der Waals surface area contributed by atoms with Crippen LogP contribution in [0.2, 0.25) is 0 Å². The van der Waals surface area contributed by atoms with Crippen molar-refractivity contribution in [2.24, 2.45) is 5.73 Å². The Morgan fingerprint density at radius 3 is 2.53 bits per heavy atom. The van der Waals surface area contributed by atoms with Crippen molar-refractivity contribution in [2.45, 2.75) is 25.9 Å². The molecule has 19 heavy (non-hydrogen) atoms. The fourth-order valence-corrected chi connectivity index (χ4v) is 1.98. The lowest BCUT2D eigenvalue weighted by Gasteiger charge is -2.17. The lowest BCUT2D eigenvalue weighted by atomic mass is 10.1. The predicted octanol–water partition coefficient (Wildman–Crippen LogP) is 3.11. The Bertz CT molecular complexity index is 482. The third-order valence-electron chi connectivity index (χ3n) is 2.97. The van der Waals surface area contributed by atoms with E-state index in [0.717, 1.165) is 24.3 Å². The van der Waals surface area contributed by atoms with Crippen molar-refractivity contribution in [3.63, 3.8) is 0 Å². The average Bonchev–Trinajstić information content (AvgIpc) is 2.48. The fraction of sp³-hybridized carbons (Fsp3) is 0.312. The van der Waals surface area contributed by atoms with Gasteiger partial charge in [-0.2, -0.15) is 0 Å². The van der Waals surface area contributed by atoms with Gasteiger partial charge in [0.25, 0.3) is 0 Å². The minimum absolute atomic E-state index is 0.196. The van der Waals surface area contributed by atoms with Crippen LogP contribution >= 0.6 is 0 Å². The maximum atomic E-state index is 5.90. The molecular formula is C16H20N2O. The van der Waals surface area contributed by atoms with E-state index >= 15 is 0 Å². The molecule has 3 nitrogen and oxygen atoms in total. The number of nitrogens with two attached hydrogens (primary N) is 1. The molecule has 1 heterocycles. The number of aryl methyl sites for hydroxylation is 1. The van der Waals surface area contributed by atoms with Gasteiger partial charge in [0.2, 0.25) is 0 Å². The molecule has 0 saturated heterocycles. The number of pyridine rings is 1. The van der Waals surface area contributed by atoms with Gasteiger partial charge in [-0.25, -0.2) is 0 Å². The number of hydrogen-bond donors (Lipinski definition) is 1. The molecule has 1 atom stereocenters. The maximum absolute atomic E-state index is 5.90. The number of hydrogen-bond acceptors (Lipinski definition) is 3. The first kappa shape index (κ1) is 13.6. The van der Waals surface area contributed by atoms with Crippen molar-refractivity contribution in [1.29, 1.82) is 0 Å². The summed E-state index contributed by atoms with van der Waals surface area (Å²) < 4.78 is 5.90. The van der Waals surface area contributed by atoms with Gasteiger partial charge in [0, 0.05) is 12.7 Å².